The van der Waals surface area contributed by atoms with Crippen LogP contribution >= 0.6 is 0 Å². The summed E-state index contributed by atoms with van der Waals surface area (Å²) in [6, 6.07) is 22.9. The summed E-state index contributed by atoms with van der Waals surface area (Å²) in [5, 5.41) is 9.02. The van der Waals surface area contributed by atoms with Crippen molar-refractivity contribution in [1.82, 2.24) is 0 Å². The molecule has 1 fully saturated rings. The molecule has 0 radical (unpaired) electrons. The summed E-state index contributed by atoms with van der Waals surface area (Å²) >= 11 is 0. The molecule has 32 heavy (non-hydrogen) atoms. The molecule has 2 amide bonds. The SMILES string of the molecule is Cc1c(NCC(=O)Nc2cccc(OCc3ccccc3)c2)cccc1NC(=O)C1CC1. The molecule has 0 bridgehead atoms. The number of carbonyl (C=O) groups excluding carboxylic acids is 2. The zero-order valence-corrected chi connectivity index (χ0v) is 18.1. The molecule has 4 rings (SSSR count). The van der Waals surface area contributed by atoms with Crippen molar-refractivity contribution in [1.29, 1.82) is 0 Å². The van der Waals surface area contributed by atoms with E-state index < -0.39 is 0 Å². The lowest BCUT2D eigenvalue weighted by Crippen LogP contribution is -2.22. The van der Waals surface area contributed by atoms with Crippen LogP contribution in [0, 0.1) is 12.8 Å². The normalized spacial score (nSPS) is 12.7. The zero-order valence-electron chi connectivity index (χ0n) is 18.1. The van der Waals surface area contributed by atoms with Crippen molar-refractivity contribution in [2.75, 3.05) is 22.5 Å². The van der Waals surface area contributed by atoms with Gasteiger partial charge in [-0.2, -0.15) is 0 Å². The Morgan fingerprint density at radius 3 is 2.44 bits per heavy atom. The highest BCUT2D eigenvalue weighted by Crippen LogP contribution is 2.31. The number of rotatable bonds is 9. The maximum atomic E-state index is 12.5. The number of hydrogen-bond donors (Lipinski definition) is 3. The predicted molar refractivity (Wildman–Crippen MR) is 127 cm³/mol. The number of anilines is 3. The van der Waals surface area contributed by atoms with Gasteiger partial charge in [-0.1, -0.05) is 42.5 Å². The van der Waals surface area contributed by atoms with Crippen molar-refractivity contribution in [3.05, 3.63) is 83.9 Å². The standard InChI is InChI=1S/C26H27N3O3/c1-18-23(11-6-12-24(18)29-26(31)20-13-14-20)27-16-25(30)28-21-9-5-10-22(15-21)32-17-19-7-3-2-4-8-19/h2-12,15,20,27H,13-14,16-17H2,1H3,(H,28,30)(H,29,31). The molecule has 3 aromatic rings. The molecule has 164 valence electrons. The second-order valence-electron chi connectivity index (χ2n) is 7.95. The monoisotopic (exact) mass is 429 g/mol. The van der Waals surface area contributed by atoms with Gasteiger partial charge in [-0.05, 0) is 55.2 Å². The average Bonchev–Trinajstić information content (AvgIpc) is 3.65. The number of hydrogen-bond acceptors (Lipinski definition) is 4. The molecule has 0 saturated heterocycles. The van der Waals surface area contributed by atoms with Gasteiger partial charge in [-0.25, -0.2) is 0 Å². The Morgan fingerprint density at radius 2 is 1.66 bits per heavy atom. The number of amides is 2. The first-order valence-corrected chi connectivity index (χ1v) is 10.8. The summed E-state index contributed by atoms with van der Waals surface area (Å²) in [6.07, 6.45) is 1.92. The van der Waals surface area contributed by atoms with Gasteiger partial charge in [0.1, 0.15) is 12.4 Å². The van der Waals surface area contributed by atoms with Crippen molar-refractivity contribution >= 4 is 28.9 Å². The highest BCUT2D eigenvalue weighted by atomic mass is 16.5. The van der Waals surface area contributed by atoms with E-state index in [0.29, 0.717) is 18.0 Å². The molecule has 0 unspecified atom stereocenters. The molecular formula is C26H27N3O3. The van der Waals surface area contributed by atoms with Crippen LogP contribution in [-0.4, -0.2) is 18.4 Å². The van der Waals surface area contributed by atoms with Gasteiger partial charge in [0.2, 0.25) is 11.8 Å². The molecular weight excluding hydrogens is 402 g/mol. The zero-order chi connectivity index (χ0) is 22.3. The van der Waals surface area contributed by atoms with Crippen LogP contribution in [0.5, 0.6) is 5.75 Å². The van der Waals surface area contributed by atoms with E-state index in [1.54, 1.807) is 6.07 Å². The van der Waals surface area contributed by atoms with Gasteiger partial charge in [0.05, 0.1) is 6.54 Å². The van der Waals surface area contributed by atoms with E-state index in [2.05, 4.69) is 16.0 Å². The lowest BCUT2D eigenvalue weighted by Gasteiger charge is -2.14. The number of nitrogens with one attached hydrogen (secondary N) is 3. The third-order valence-electron chi connectivity index (χ3n) is 5.35. The lowest BCUT2D eigenvalue weighted by atomic mass is 10.1. The van der Waals surface area contributed by atoms with Crippen LogP contribution in [0.1, 0.15) is 24.0 Å². The summed E-state index contributed by atoms with van der Waals surface area (Å²) in [5.74, 6) is 0.730. The van der Waals surface area contributed by atoms with E-state index >= 15 is 0 Å². The fourth-order valence-electron chi connectivity index (χ4n) is 3.33. The minimum absolute atomic E-state index is 0.0670. The first-order valence-electron chi connectivity index (χ1n) is 10.8. The first kappa shape index (κ1) is 21.4. The van der Waals surface area contributed by atoms with E-state index in [0.717, 1.165) is 35.3 Å². The van der Waals surface area contributed by atoms with Crippen LogP contribution in [-0.2, 0) is 16.2 Å². The fourth-order valence-corrected chi connectivity index (χ4v) is 3.33. The third kappa shape index (κ3) is 5.88. The number of carbonyl (C=O) groups is 2. The van der Waals surface area contributed by atoms with Crippen LogP contribution in [0.25, 0.3) is 0 Å². The van der Waals surface area contributed by atoms with Crippen molar-refractivity contribution in [3.8, 4) is 5.75 Å². The van der Waals surface area contributed by atoms with Crippen molar-refractivity contribution in [2.45, 2.75) is 26.4 Å². The Morgan fingerprint density at radius 1 is 0.906 bits per heavy atom. The average molecular weight is 430 g/mol. The number of benzene rings is 3. The lowest BCUT2D eigenvalue weighted by molar-refractivity contribution is -0.117. The van der Waals surface area contributed by atoms with Crippen LogP contribution in [0.3, 0.4) is 0 Å². The van der Waals surface area contributed by atoms with Crippen LogP contribution in [0.2, 0.25) is 0 Å². The molecule has 6 heteroatoms. The molecule has 1 saturated carbocycles. The first-order chi connectivity index (χ1) is 15.6. The smallest absolute Gasteiger partial charge is 0.243 e. The quantitative estimate of drug-likeness (QED) is 0.449. The maximum absolute atomic E-state index is 12.5. The molecule has 6 nitrogen and oxygen atoms in total. The Labute approximate surface area is 188 Å². The van der Waals surface area contributed by atoms with Crippen LogP contribution in [0.15, 0.2) is 72.8 Å². The molecule has 0 aliphatic heterocycles. The van der Waals surface area contributed by atoms with E-state index in [-0.39, 0.29) is 24.3 Å². The van der Waals surface area contributed by atoms with Gasteiger partial charge >= 0.3 is 0 Å². The van der Waals surface area contributed by atoms with E-state index in [1.165, 1.54) is 0 Å². The maximum Gasteiger partial charge on any atom is 0.243 e. The van der Waals surface area contributed by atoms with Gasteiger partial charge in [-0.3, -0.25) is 9.59 Å². The van der Waals surface area contributed by atoms with Crippen LogP contribution < -0.4 is 20.7 Å². The summed E-state index contributed by atoms with van der Waals surface area (Å²) in [6.45, 7) is 2.50. The molecule has 1 aliphatic carbocycles. The fraction of sp³-hybridized carbons (Fsp3) is 0.231. The minimum Gasteiger partial charge on any atom is -0.489 e. The summed E-state index contributed by atoms with van der Waals surface area (Å²) < 4.78 is 5.82. The third-order valence-corrected chi connectivity index (χ3v) is 5.35. The topological polar surface area (TPSA) is 79.5 Å². The molecule has 0 aromatic heterocycles. The Hall–Kier alpha value is -3.80. The Kier molecular flexibility index (Phi) is 6.70. The van der Waals surface area contributed by atoms with Crippen molar-refractivity contribution in [2.24, 2.45) is 5.92 Å². The van der Waals surface area contributed by atoms with Gasteiger partial charge in [0, 0.05) is 29.0 Å². The van der Waals surface area contributed by atoms with Gasteiger partial charge in [-0.15, -0.1) is 0 Å². The highest BCUT2D eigenvalue weighted by molar-refractivity contribution is 5.96. The molecule has 3 N–H and O–H groups in total. The van der Waals surface area contributed by atoms with Crippen molar-refractivity contribution in [3.63, 3.8) is 0 Å². The Balaban J connectivity index is 1.30. The van der Waals surface area contributed by atoms with Gasteiger partial charge in [0.15, 0.2) is 0 Å². The predicted octanol–water partition coefficient (Wildman–Crippen LogP) is 4.97. The van der Waals surface area contributed by atoms with E-state index in [9.17, 15) is 9.59 Å². The van der Waals surface area contributed by atoms with Crippen molar-refractivity contribution < 1.29 is 14.3 Å². The van der Waals surface area contributed by atoms with E-state index in [1.807, 2.05) is 73.7 Å². The van der Waals surface area contributed by atoms with E-state index in [4.69, 9.17) is 4.74 Å². The molecule has 0 heterocycles. The largest absolute Gasteiger partial charge is 0.489 e. The van der Waals surface area contributed by atoms with Gasteiger partial charge < -0.3 is 20.7 Å². The second kappa shape index (κ2) is 10.0. The molecule has 3 aromatic carbocycles. The molecule has 0 spiro atoms. The van der Waals surface area contributed by atoms with Gasteiger partial charge in [0.25, 0.3) is 0 Å². The molecule has 1 aliphatic rings. The molecule has 0 atom stereocenters. The minimum atomic E-state index is -0.169. The Bertz CT molecular complexity index is 1090. The highest BCUT2D eigenvalue weighted by Gasteiger charge is 2.29. The number of ether oxygens (including phenoxy) is 1. The summed E-state index contributed by atoms with van der Waals surface area (Å²) in [7, 11) is 0. The second-order valence-corrected chi connectivity index (χ2v) is 7.95. The summed E-state index contributed by atoms with van der Waals surface area (Å²) in [5.41, 5.74) is 4.25. The summed E-state index contributed by atoms with van der Waals surface area (Å²) in [4.78, 5) is 24.5. The van der Waals surface area contributed by atoms with Crippen LogP contribution in [0.4, 0.5) is 17.1 Å².